The Morgan fingerprint density at radius 1 is 1.30 bits per heavy atom. The van der Waals surface area contributed by atoms with Gasteiger partial charge in [0.2, 0.25) is 0 Å². The zero-order valence-corrected chi connectivity index (χ0v) is 13.2. The molecule has 0 aromatic carbocycles. The number of morpholine rings is 1. The lowest BCUT2D eigenvalue weighted by atomic mass is 10.1. The highest BCUT2D eigenvalue weighted by Crippen LogP contribution is 2.30. The number of rotatable bonds is 2. The van der Waals surface area contributed by atoms with Crippen LogP contribution in [-0.2, 0) is 4.74 Å². The minimum atomic E-state index is -0.116. The molecule has 4 rings (SSSR count). The van der Waals surface area contributed by atoms with Gasteiger partial charge in [0.15, 0.2) is 5.82 Å². The third-order valence-corrected chi connectivity index (χ3v) is 4.93. The molecule has 1 N–H and O–H groups in total. The van der Waals surface area contributed by atoms with E-state index in [1.54, 1.807) is 12.3 Å². The molecule has 0 spiro atoms. The number of nitrogens with zero attached hydrogens (tertiary/aromatic N) is 4. The van der Waals surface area contributed by atoms with Crippen LogP contribution in [0, 0.1) is 0 Å². The Kier molecular flexibility index (Phi) is 3.74. The summed E-state index contributed by atoms with van der Waals surface area (Å²) in [5.74, 6) is 0.817. The van der Waals surface area contributed by atoms with Gasteiger partial charge in [0.1, 0.15) is 5.52 Å². The Morgan fingerprint density at radius 3 is 2.96 bits per heavy atom. The van der Waals surface area contributed by atoms with Crippen LogP contribution in [0.3, 0.4) is 0 Å². The first-order valence-electron chi connectivity index (χ1n) is 8.15. The van der Waals surface area contributed by atoms with Gasteiger partial charge in [0.25, 0.3) is 5.56 Å². The van der Waals surface area contributed by atoms with E-state index < -0.39 is 0 Å². The first kappa shape index (κ1) is 14.6. The summed E-state index contributed by atoms with van der Waals surface area (Å²) in [4.78, 5) is 28.3. The molecule has 2 aliphatic heterocycles. The van der Waals surface area contributed by atoms with E-state index in [0.717, 1.165) is 45.1 Å². The maximum atomic E-state index is 12.0. The number of H-pyrrole nitrogens is 1. The van der Waals surface area contributed by atoms with Crippen molar-refractivity contribution in [3.8, 4) is 0 Å². The minimum Gasteiger partial charge on any atom is -0.379 e. The summed E-state index contributed by atoms with van der Waals surface area (Å²) in [7, 11) is 0. The topological polar surface area (TPSA) is 74.3 Å². The molecule has 4 heterocycles. The van der Waals surface area contributed by atoms with E-state index in [0.29, 0.717) is 23.0 Å². The average Bonchev–Trinajstić information content (AvgIpc) is 2.97. The number of fused-ring (bicyclic) bond motifs is 1. The van der Waals surface area contributed by atoms with Crippen molar-refractivity contribution in [2.24, 2.45) is 0 Å². The largest absolute Gasteiger partial charge is 0.379 e. The minimum absolute atomic E-state index is 0.116. The molecule has 122 valence electrons. The first-order chi connectivity index (χ1) is 11.2. The molecule has 2 saturated heterocycles. The lowest BCUT2D eigenvalue weighted by molar-refractivity contribution is 0.0204. The lowest BCUT2D eigenvalue weighted by Crippen LogP contribution is -2.44. The smallest absolute Gasteiger partial charge is 0.258 e. The van der Waals surface area contributed by atoms with Crippen molar-refractivity contribution in [3.63, 3.8) is 0 Å². The molecule has 2 aromatic heterocycles. The molecule has 2 aliphatic rings. The third kappa shape index (κ3) is 2.60. The van der Waals surface area contributed by atoms with Crippen molar-refractivity contribution in [2.75, 3.05) is 37.7 Å². The number of hydrogen-bond donors (Lipinski definition) is 1. The fourth-order valence-corrected chi connectivity index (χ4v) is 3.70. The van der Waals surface area contributed by atoms with Crippen LogP contribution in [0.15, 0.2) is 23.4 Å². The van der Waals surface area contributed by atoms with Crippen molar-refractivity contribution in [1.82, 2.24) is 19.9 Å². The van der Waals surface area contributed by atoms with Crippen LogP contribution < -0.4 is 10.5 Å². The molecule has 0 aliphatic carbocycles. The Hall–Kier alpha value is -1.99. The molecule has 7 heteroatoms. The number of ether oxygens (including phenoxy) is 1. The van der Waals surface area contributed by atoms with Crippen molar-refractivity contribution in [1.29, 1.82) is 0 Å². The van der Waals surface area contributed by atoms with Crippen molar-refractivity contribution < 1.29 is 4.74 Å². The van der Waals surface area contributed by atoms with E-state index in [9.17, 15) is 4.79 Å². The van der Waals surface area contributed by atoms with E-state index in [-0.39, 0.29) is 5.56 Å². The molecular weight excluding hydrogens is 294 g/mol. The van der Waals surface area contributed by atoms with Gasteiger partial charge < -0.3 is 14.6 Å². The summed E-state index contributed by atoms with van der Waals surface area (Å²) in [6.07, 6.45) is 4.25. The highest BCUT2D eigenvalue weighted by molar-refractivity contribution is 5.87. The summed E-state index contributed by atoms with van der Waals surface area (Å²) in [6, 6.07) is 2.61. The summed E-state index contributed by atoms with van der Waals surface area (Å²) in [5.41, 5.74) is 0.570. The Labute approximate surface area is 134 Å². The molecule has 2 fully saturated rings. The van der Waals surface area contributed by atoms with Crippen LogP contribution in [0.2, 0.25) is 0 Å². The molecular formula is C16H21N5O2. The Balaban J connectivity index is 1.65. The molecule has 0 saturated carbocycles. The molecule has 23 heavy (non-hydrogen) atoms. The number of anilines is 1. The molecule has 2 atom stereocenters. The molecule has 0 bridgehead atoms. The fourth-order valence-electron chi connectivity index (χ4n) is 3.70. The van der Waals surface area contributed by atoms with Crippen LogP contribution in [0.4, 0.5) is 5.82 Å². The Bertz CT molecular complexity index is 755. The van der Waals surface area contributed by atoms with Gasteiger partial charge in [-0.25, -0.2) is 9.97 Å². The van der Waals surface area contributed by atoms with Crippen LogP contribution in [0.5, 0.6) is 0 Å². The van der Waals surface area contributed by atoms with Gasteiger partial charge in [-0.3, -0.25) is 9.69 Å². The quantitative estimate of drug-likeness (QED) is 0.875. The molecule has 0 amide bonds. The Morgan fingerprint density at radius 2 is 2.13 bits per heavy atom. The molecule has 2 unspecified atom stereocenters. The highest BCUT2D eigenvalue weighted by Gasteiger charge is 2.35. The maximum absolute atomic E-state index is 12.0. The monoisotopic (exact) mass is 315 g/mol. The predicted octanol–water partition coefficient (Wildman–Crippen LogP) is 0.618. The van der Waals surface area contributed by atoms with Crippen LogP contribution in [0.1, 0.15) is 13.3 Å². The van der Waals surface area contributed by atoms with Gasteiger partial charge in [-0.2, -0.15) is 0 Å². The van der Waals surface area contributed by atoms with Crippen molar-refractivity contribution >= 4 is 16.7 Å². The summed E-state index contributed by atoms with van der Waals surface area (Å²) in [5, 5.41) is 0.597. The molecule has 0 radical (unpaired) electrons. The number of aromatic amines is 1. The van der Waals surface area contributed by atoms with Gasteiger partial charge in [-0.1, -0.05) is 0 Å². The summed E-state index contributed by atoms with van der Waals surface area (Å²) >= 11 is 0. The number of pyridine rings is 1. The van der Waals surface area contributed by atoms with Gasteiger partial charge in [0, 0.05) is 37.9 Å². The zero-order chi connectivity index (χ0) is 15.8. The second-order valence-corrected chi connectivity index (χ2v) is 6.30. The van der Waals surface area contributed by atoms with E-state index in [1.165, 1.54) is 6.33 Å². The highest BCUT2D eigenvalue weighted by atomic mass is 16.5. The summed E-state index contributed by atoms with van der Waals surface area (Å²) < 4.78 is 5.45. The van der Waals surface area contributed by atoms with Gasteiger partial charge in [0.05, 0.1) is 24.9 Å². The summed E-state index contributed by atoms with van der Waals surface area (Å²) in [6.45, 7) is 6.75. The first-order valence-corrected chi connectivity index (χ1v) is 8.15. The van der Waals surface area contributed by atoms with Crippen molar-refractivity contribution in [3.05, 3.63) is 28.9 Å². The van der Waals surface area contributed by atoms with Gasteiger partial charge in [-0.05, 0) is 19.4 Å². The second-order valence-electron chi connectivity index (χ2n) is 6.30. The van der Waals surface area contributed by atoms with E-state index in [4.69, 9.17) is 4.74 Å². The number of nitrogens with one attached hydrogen (secondary N) is 1. The fraction of sp³-hybridized carbons (Fsp3) is 0.562. The van der Waals surface area contributed by atoms with Gasteiger partial charge in [-0.15, -0.1) is 0 Å². The van der Waals surface area contributed by atoms with Crippen LogP contribution in [0.25, 0.3) is 10.9 Å². The average molecular weight is 315 g/mol. The van der Waals surface area contributed by atoms with Crippen LogP contribution in [-0.4, -0.2) is 64.8 Å². The normalized spacial score (nSPS) is 26.0. The van der Waals surface area contributed by atoms with Gasteiger partial charge >= 0.3 is 0 Å². The van der Waals surface area contributed by atoms with E-state index in [1.807, 2.05) is 0 Å². The zero-order valence-electron chi connectivity index (χ0n) is 13.2. The molecule has 2 aromatic rings. The van der Waals surface area contributed by atoms with E-state index in [2.05, 4.69) is 31.7 Å². The lowest BCUT2D eigenvalue weighted by Gasteiger charge is -2.32. The third-order valence-electron chi connectivity index (χ3n) is 4.93. The van der Waals surface area contributed by atoms with Crippen molar-refractivity contribution in [2.45, 2.75) is 25.4 Å². The predicted molar refractivity (Wildman–Crippen MR) is 87.8 cm³/mol. The molecule has 7 nitrogen and oxygen atoms in total. The maximum Gasteiger partial charge on any atom is 0.258 e. The second kappa shape index (κ2) is 5.90. The van der Waals surface area contributed by atoms with E-state index >= 15 is 0 Å². The SMILES string of the molecule is CC1CC(N2CCOCC2)CN1c1nccc2c(=O)[nH]cnc12. The number of aromatic nitrogens is 3. The van der Waals surface area contributed by atoms with Crippen LogP contribution >= 0.6 is 0 Å². The standard InChI is InChI=1S/C16H21N5O2/c1-11-8-12(20-4-6-23-7-5-20)9-21(11)15-14-13(2-3-17-15)16(22)19-10-18-14/h2-3,10-12H,4-9H2,1H3,(H,18,19,22). The number of hydrogen-bond acceptors (Lipinski definition) is 6.